The molecule has 1 aliphatic rings. The quantitative estimate of drug-likeness (QED) is 0.0375. The molecule has 6 rings (SSSR count). The number of fused-ring (bicyclic) bond motifs is 1. The number of esters is 4. The van der Waals surface area contributed by atoms with Crippen LogP contribution in [-0.4, -0.2) is 77.6 Å². The summed E-state index contributed by atoms with van der Waals surface area (Å²) in [7, 11) is 0. The Balaban J connectivity index is 1.48. The highest BCUT2D eigenvalue weighted by Gasteiger charge is 2.56. The number of ether oxygens (including phenoxy) is 8. The highest BCUT2D eigenvalue weighted by atomic mass is 16.7. The lowest BCUT2D eigenvalue weighted by atomic mass is 9.93. The maximum absolute atomic E-state index is 14.2. The van der Waals surface area contributed by atoms with Crippen molar-refractivity contribution in [3.8, 4) is 11.6 Å². The van der Waals surface area contributed by atoms with Crippen LogP contribution in [-0.2, 0) is 67.4 Å². The summed E-state index contributed by atoms with van der Waals surface area (Å²) >= 11 is 0. The average molecular weight is 979 g/mol. The lowest BCUT2D eigenvalue weighted by Gasteiger charge is -2.45. The molecule has 0 radical (unpaired) electrons. The predicted octanol–water partition coefficient (Wildman–Crippen LogP) is 10.6. The number of carbonyl (C=O) groups excluding carboxylic acids is 4. The molecular formula is C57H70N2O12. The SMILES string of the molecule is [2H]CC(C)(C)C(=O)OC[C@H]1OC(Oc2nn(CCOCc3ccccc3)c3cccc(/C=C/c4cccc(OCc5ccccc5)c4)c23)[C@H](OC(=O)C(C)(C)C[2H])[C@@H](OC(=O)C(C)(C)C[2H])[C@@H]1OC(=O)C(C)(C)C[2H]. The number of aromatic nitrogens is 2. The van der Waals surface area contributed by atoms with Gasteiger partial charge in [-0.15, -0.1) is 5.10 Å². The maximum atomic E-state index is 14.2. The van der Waals surface area contributed by atoms with E-state index in [4.69, 9.17) is 48.5 Å². The minimum Gasteiger partial charge on any atom is -0.489 e. The second-order valence-electron chi connectivity index (χ2n) is 20.4. The van der Waals surface area contributed by atoms with Crippen LogP contribution in [0.4, 0.5) is 0 Å². The fraction of sp³-hybridized carbons (Fsp3) is 0.456. The third-order valence-electron chi connectivity index (χ3n) is 11.0. The molecule has 1 aliphatic heterocycles. The molecule has 71 heavy (non-hydrogen) atoms. The monoisotopic (exact) mass is 979 g/mol. The van der Waals surface area contributed by atoms with Gasteiger partial charge in [0.25, 0.3) is 0 Å². The smallest absolute Gasteiger partial charge is 0.311 e. The zero-order valence-electron chi connectivity index (χ0n) is 46.0. The Morgan fingerprint density at radius 1 is 0.648 bits per heavy atom. The third kappa shape index (κ3) is 14.8. The fourth-order valence-electron chi connectivity index (χ4n) is 6.98. The van der Waals surface area contributed by atoms with Crippen LogP contribution >= 0.6 is 0 Å². The first-order valence-corrected chi connectivity index (χ1v) is 23.5. The van der Waals surface area contributed by atoms with Crippen LogP contribution in [0, 0.1) is 21.7 Å². The second-order valence-corrected chi connectivity index (χ2v) is 20.4. The van der Waals surface area contributed by atoms with E-state index >= 15 is 0 Å². The summed E-state index contributed by atoms with van der Waals surface area (Å²) in [6.07, 6.45) is -4.68. The molecular weight excluding hydrogens is 905 g/mol. The van der Waals surface area contributed by atoms with Crippen molar-refractivity contribution in [2.24, 2.45) is 21.7 Å². The minimum absolute atomic E-state index is 0.0208. The number of nitrogens with zero attached hydrogens (tertiary/aromatic N) is 2. The zero-order valence-corrected chi connectivity index (χ0v) is 42.0. The number of rotatable bonds is 17. The van der Waals surface area contributed by atoms with Crippen LogP contribution in [0.15, 0.2) is 103 Å². The summed E-state index contributed by atoms with van der Waals surface area (Å²) in [5.41, 5.74) is -1.47. The average Bonchev–Trinajstić information content (AvgIpc) is 3.76. The summed E-state index contributed by atoms with van der Waals surface area (Å²) in [5, 5.41) is 5.44. The van der Waals surface area contributed by atoms with Gasteiger partial charge in [0.15, 0.2) is 12.2 Å². The lowest BCUT2D eigenvalue weighted by molar-refractivity contribution is -0.294. The van der Waals surface area contributed by atoms with Gasteiger partial charge in [-0.3, -0.25) is 23.9 Å². The van der Waals surface area contributed by atoms with Gasteiger partial charge in [-0.1, -0.05) is 97.1 Å². The van der Waals surface area contributed by atoms with Crippen molar-refractivity contribution in [2.45, 2.75) is 133 Å². The summed E-state index contributed by atoms with van der Waals surface area (Å²) in [4.78, 5) is 55.9. The topological polar surface area (TPSA) is 160 Å². The van der Waals surface area contributed by atoms with Crippen molar-refractivity contribution in [3.63, 3.8) is 0 Å². The Kier molecular flexibility index (Phi) is 15.4. The van der Waals surface area contributed by atoms with E-state index in [9.17, 15) is 19.2 Å². The number of carbonyl (C=O) groups is 4. The fourth-order valence-corrected chi connectivity index (χ4v) is 6.98. The minimum atomic E-state index is -1.77. The summed E-state index contributed by atoms with van der Waals surface area (Å²) in [6.45, 7) is 11.0. The molecule has 0 saturated carbocycles. The molecule has 1 unspecified atom stereocenters. The van der Waals surface area contributed by atoms with Crippen LogP contribution in [0.2, 0.25) is 0 Å². The van der Waals surface area contributed by atoms with Crippen LogP contribution in [0.25, 0.3) is 23.1 Å². The molecule has 0 bridgehead atoms. The van der Waals surface area contributed by atoms with Crippen molar-refractivity contribution >= 4 is 46.9 Å². The maximum Gasteiger partial charge on any atom is 0.311 e. The Hall–Kier alpha value is -6.51. The highest BCUT2D eigenvalue weighted by Crippen LogP contribution is 2.38. The second kappa shape index (κ2) is 22.7. The van der Waals surface area contributed by atoms with Gasteiger partial charge in [-0.2, -0.15) is 0 Å². The first kappa shape index (κ1) is 48.1. The zero-order chi connectivity index (χ0) is 54.6. The Labute approximate surface area is 423 Å². The van der Waals surface area contributed by atoms with Crippen molar-refractivity contribution in [3.05, 3.63) is 125 Å². The van der Waals surface area contributed by atoms with Crippen molar-refractivity contribution in [1.29, 1.82) is 0 Å². The van der Waals surface area contributed by atoms with Gasteiger partial charge >= 0.3 is 23.9 Å². The standard InChI is InChI=1S/C57H70N2O12/c1-54(2,3)50(60)66-36-43-45(68-51(61)55(4,5)6)46(69-52(62)56(7,8)9)47(70-53(63)57(10,11)12)49(67-43)71-48-44-40(30-29-37-25-19-27-41(33-37)65-35-39-23-17-14-18-24-39)26-20-28-42(44)59(58-48)31-32-64-34-38-21-15-13-16-22-38/h13-30,33,43,45-47,49H,31-32,34-36H2,1-12H3/b30-29+/t43-,45-,46+,47-,49?/m1/s1/i1D,4D,7D,10D. The molecule has 1 saturated heterocycles. The van der Waals surface area contributed by atoms with E-state index in [1.165, 1.54) is 55.4 Å². The predicted molar refractivity (Wildman–Crippen MR) is 270 cm³/mol. The van der Waals surface area contributed by atoms with E-state index in [2.05, 4.69) is 0 Å². The summed E-state index contributed by atoms with van der Waals surface area (Å²) in [5.74, 6) is -2.89. The molecule has 1 fully saturated rings. The summed E-state index contributed by atoms with van der Waals surface area (Å²) in [6, 6.07) is 32.7. The van der Waals surface area contributed by atoms with Gasteiger partial charge in [0, 0.05) is 5.48 Å². The Morgan fingerprint density at radius 3 is 1.83 bits per heavy atom. The molecule has 0 spiro atoms. The molecule has 5 aromatic rings. The van der Waals surface area contributed by atoms with E-state index in [1.807, 2.05) is 115 Å². The van der Waals surface area contributed by atoms with Crippen LogP contribution < -0.4 is 9.47 Å². The number of hydrogen-bond donors (Lipinski definition) is 0. The van der Waals surface area contributed by atoms with Gasteiger partial charge < -0.3 is 37.9 Å². The molecule has 14 heteroatoms. The van der Waals surface area contributed by atoms with Gasteiger partial charge in [0.05, 0.1) is 52.3 Å². The normalized spacial score (nSPS) is 19.5. The van der Waals surface area contributed by atoms with E-state index in [-0.39, 0.29) is 25.9 Å². The molecule has 4 aromatic carbocycles. The van der Waals surface area contributed by atoms with E-state index in [0.29, 0.717) is 35.4 Å². The molecule has 0 N–H and O–H groups in total. The van der Waals surface area contributed by atoms with Gasteiger partial charge in [0.1, 0.15) is 25.1 Å². The third-order valence-corrected chi connectivity index (χ3v) is 11.0. The molecule has 1 aromatic heterocycles. The van der Waals surface area contributed by atoms with Crippen LogP contribution in [0.3, 0.4) is 0 Å². The first-order valence-electron chi connectivity index (χ1n) is 26.3. The number of benzene rings is 4. The lowest BCUT2D eigenvalue weighted by Crippen LogP contribution is -2.65. The summed E-state index contributed by atoms with van der Waals surface area (Å²) < 4.78 is 84.2. The highest BCUT2D eigenvalue weighted by molar-refractivity contribution is 5.95. The Morgan fingerprint density at radius 2 is 1.21 bits per heavy atom. The molecule has 5 atom stereocenters. The van der Waals surface area contributed by atoms with E-state index in [0.717, 1.165) is 16.7 Å². The van der Waals surface area contributed by atoms with E-state index in [1.54, 1.807) is 4.68 Å². The largest absolute Gasteiger partial charge is 0.489 e. The van der Waals surface area contributed by atoms with Crippen molar-refractivity contribution < 1.29 is 62.6 Å². The number of hydrogen-bond acceptors (Lipinski definition) is 13. The first-order chi connectivity index (χ1) is 35.6. The van der Waals surface area contributed by atoms with Crippen LogP contribution in [0.1, 0.15) is 111 Å². The van der Waals surface area contributed by atoms with Gasteiger partial charge in [-0.05, 0) is 123 Å². The van der Waals surface area contributed by atoms with Crippen molar-refractivity contribution in [2.75, 3.05) is 13.2 Å². The molecule has 0 aliphatic carbocycles. The molecule has 0 amide bonds. The Bertz CT molecular complexity index is 2750. The molecule has 380 valence electrons. The molecule has 2 heterocycles. The molecule has 14 nitrogen and oxygen atoms in total. The van der Waals surface area contributed by atoms with Crippen LogP contribution in [0.5, 0.6) is 11.6 Å². The van der Waals surface area contributed by atoms with Gasteiger partial charge in [0.2, 0.25) is 18.3 Å². The van der Waals surface area contributed by atoms with Gasteiger partial charge in [-0.25, -0.2) is 0 Å². The van der Waals surface area contributed by atoms with Crippen molar-refractivity contribution in [1.82, 2.24) is 9.78 Å². The van der Waals surface area contributed by atoms with E-state index < -0.39 is 104 Å².